The fourth-order valence-electron chi connectivity index (χ4n) is 1.40. The largest absolute Gasteiger partial charge is 0.463 e. The van der Waals surface area contributed by atoms with Crippen LogP contribution in [0.15, 0.2) is 12.5 Å². The molecule has 0 fully saturated rings. The van der Waals surface area contributed by atoms with E-state index in [2.05, 4.69) is 15.3 Å². The Morgan fingerprint density at radius 1 is 1.65 bits per heavy atom. The third kappa shape index (κ3) is 2.31. The van der Waals surface area contributed by atoms with Gasteiger partial charge in [-0.2, -0.15) is 4.98 Å². The first-order valence-corrected chi connectivity index (χ1v) is 4.90. The Morgan fingerprint density at radius 2 is 2.41 bits per heavy atom. The van der Waals surface area contributed by atoms with E-state index in [1.165, 1.54) is 12.5 Å². The highest BCUT2D eigenvalue weighted by atomic mass is 16.5. The maximum absolute atomic E-state index is 11.6. The van der Waals surface area contributed by atoms with Gasteiger partial charge in [0.05, 0.1) is 12.2 Å². The molecule has 2 rings (SSSR count). The van der Waals surface area contributed by atoms with Crippen molar-refractivity contribution < 1.29 is 14.3 Å². The minimum atomic E-state index is -0.936. The van der Waals surface area contributed by atoms with Gasteiger partial charge in [-0.3, -0.25) is 9.59 Å². The first kappa shape index (κ1) is 11.3. The Labute approximate surface area is 96.4 Å². The lowest BCUT2D eigenvalue weighted by Crippen LogP contribution is -2.46. The van der Waals surface area contributed by atoms with Crippen molar-refractivity contribution in [2.45, 2.75) is 18.6 Å². The monoisotopic (exact) mass is 237 g/mol. The average Bonchev–Trinajstić information content (AvgIpc) is 2.29. The summed E-state index contributed by atoms with van der Waals surface area (Å²) in [7, 11) is 0. The van der Waals surface area contributed by atoms with E-state index >= 15 is 0 Å². The SMILES string of the molecule is NC(=O)C(N)CC1Oc2ncncc2NC1=O. The second-order valence-corrected chi connectivity index (χ2v) is 3.58. The van der Waals surface area contributed by atoms with Gasteiger partial charge in [0.25, 0.3) is 5.91 Å². The molecule has 0 aliphatic carbocycles. The highest BCUT2D eigenvalue weighted by Gasteiger charge is 2.31. The van der Waals surface area contributed by atoms with Crippen LogP contribution in [0.3, 0.4) is 0 Å². The number of hydrogen-bond acceptors (Lipinski definition) is 6. The molecule has 2 unspecified atom stereocenters. The normalized spacial score (nSPS) is 19.8. The van der Waals surface area contributed by atoms with Crippen LogP contribution in [0.2, 0.25) is 0 Å². The summed E-state index contributed by atoms with van der Waals surface area (Å²) in [5.41, 5.74) is 10.9. The predicted molar refractivity (Wildman–Crippen MR) is 56.9 cm³/mol. The third-order valence-electron chi connectivity index (χ3n) is 2.31. The van der Waals surface area contributed by atoms with Crippen molar-refractivity contribution in [1.29, 1.82) is 0 Å². The molecule has 8 nitrogen and oxygen atoms in total. The number of anilines is 1. The van der Waals surface area contributed by atoms with Gasteiger partial charge < -0.3 is 21.5 Å². The molecule has 1 aliphatic heterocycles. The van der Waals surface area contributed by atoms with Crippen LogP contribution in [-0.4, -0.2) is 33.9 Å². The molecule has 0 bridgehead atoms. The van der Waals surface area contributed by atoms with Crippen molar-refractivity contribution in [3.63, 3.8) is 0 Å². The van der Waals surface area contributed by atoms with E-state index in [0.717, 1.165) is 0 Å². The number of carbonyl (C=O) groups is 2. The molecule has 1 aliphatic rings. The molecule has 2 atom stereocenters. The molecule has 0 spiro atoms. The predicted octanol–water partition coefficient (Wildman–Crippen LogP) is -1.62. The van der Waals surface area contributed by atoms with Gasteiger partial charge in [-0.05, 0) is 0 Å². The summed E-state index contributed by atoms with van der Waals surface area (Å²) in [5, 5.41) is 2.56. The number of carbonyl (C=O) groups excluding carboxylic acids is 2. The number of primary amides is 1. The number of nitrogens with one attached hydrogen (secondary N) is 1. The van der Waals surface area contributed by atoms with Crippen molar-refractivity contribution in [2.75, 3.05) is 5.32 Å². The first-order chi connectivity index (χ1) is 8.08. The van der Waals surface area contributed by atoms with Gasteiger partial charge in [0.1, 0.15) is 12.0 Å². The molecule has 90 valence electrons. The summed E-state index contributed by atoms with van der Waals surface area (Å²) < 4.78 is 5.31. The van der Waals surface area contributed by atoms with Crippen LogP contribution in [-0.2, 0) is 9.59 Å². The van der Waals surface area contributed by atoms with Crippen LogP contribution in [0.25, 0.3) is 0 Å². The Kier molecular flexibility index (Phi) is 2.88. The van der Waals surface area contributed by atoms with E-state index < -0.39 is 24.0 Å². The van der Waals surface area contributed by atoms with Gasteiger partial charge in [0.15, 0.2) is 6.10 Å². The number of fused-ring (bicyclic) bond motifs is 1. The summed E-state index contributed by atoms with van der Waals surface area (Å²) in [5.74, 6) is -0.833. The van der Waals surface area contributed by atoms with Gasteiger partial charge in [0, 0.05) is 6.42 Å². The second kappa shape index (κ2) is 4.34. The van der Waals surface area contributed by atoms with E-state index in [1.54, 1.807) is 0 Å². The molecule has 2 amide bonds. The number of nitrogens with two attached hydrogens (primary N) is 2. The topological polar surface area (TPSA) is 133 Å². The highest BCUT2D eigenvalue weighted by molar-refractivity contribution is 5.97. The van der Waals surface area contributed by atoms with E-state index in [4.69, 9.17) is 16.2 Å². The fraction of sp³-hybridized carbons (Fsp3) is 0.333. The van der Waals surface area contributed by atoms with Crippen LogP contribution >= 0.6 is 0 Å². The zero-order valence-corrected chi connectivity index (χ0v) is 8.79. The molecule has 0 saturated heterocycles. The number of amides is 2. The Bertz CT molecular complexity index is 464. The number of hydrogen-bond donors (Lipinski definition) is 3. The van der Waals surface area contributed by atoms with Gasteiger partial charge in [-0.1, -0.05) is 0 Å². The summed E-state index contributed by atoms with van der Waals surface area (Å²) in [6.45, 7) is 0. The van der Waals surface area contributed by atoms with E-state index in [-0.39, 0.29) is 12.3 Å². The summed E-state index contributed by atoms with van der Waals surface area (Å²) in [6, 6.07) is -0.936. The lowest BCUT2D eigenvalue weighted by atomic mass is 10.1. The summed E-state index contributed by atoms with van der Waals surface area (Å²) >= 11 is 0. The Hall–Kier alpha value is -2.22. The van der Waals surface area contributed by atoms with Crippen LogP contribution in [0.1, 0.15) is 6.42 Å². The van der Waals surface area contributed by atoms with Crippen molar-refractivity contribution >= 4 is 17.5 Å². The molecular formula is C9H11N5O3. The van der Waals surface area contributed by atoms with Gasteiger partial charge in [-0.15, -0.1) is 0 Å². The Balaban J connectivity index is 2.12. The van der Waals surface area contributed by atoms with Crippen molar-refractivity contribution in [3.8, 4) is 5.88 Å². The smallest absolute Gasteiger partial charge is 0.265 e. The molecule has 1 aromatic heterocycles. The molecule has 1 aromatic rings. The van der Waals surface area contributed by atoms with Crippen LogP contribution < -0.4 is 21.5 Å². The van der Waals surface area contributed by atoms with Gasteiger partial charge in [-0.25, -0.2) is 4.98 Å². The number of ether oxygens (including phenoxy) is 1. The highest BCUT2D eigenvalue weighted by Crippen LogP contribution is 2.26. The zero-order chi connectivity index (χ0) is 12.4. The maximum Gasteiger partial charge on any atom is 0.265 e. The zero-order valence-electron chi connectivity index (χ0n) is 8.79. The fourth-order valence-corrected chi connectivity index (χ4v) is 1.40. The van der Waals surface area contributed by atoms with E-state index in [1.807, 2.05) is 0 Å². The molecule has 5 N–H and O–H groups in total. The van der Waals surface area contributed by atoms with Crippen molar-refractivity contribution in [3.05, 3.63) is 12.5 Å². The summed E-state index contributed by atoms with van der Waals surface area (Å²) in [4.78, 5) is 30.0. The Morgan fingerprint density at radius 3 is 3.12 bits per heavy atom. The first-order valence-electron chi connectivity index (χ1n) is 4.90. The maximum atomic E-state index is 11.6. The van der Waals surface area contributed by atoms with Crippen molar-refractivity contribution in [2.24, 2.45) is 11.5 Å². The van der Waals surface area contributed by atoms with Crippen LogP contribution in [0.5, 0.6) is 5.88 Å². The lowest BCUT2D eigenvalue weighted by molar-refractivity contribution is -0.125. The van der Waals surface area contributed by atoms with E-state index in [0.29, 0.717) is 5.69 Å². The minimum Gasteiger partial charge on any atom is -0.463 e. The quantitative estimate of drug-likeness (QED) is 0.578. The van der Waals surface area contributed by atoms with E-state index in [9.17, 15) is 9.59 Å². The molecule has 8 heteroatoms. The van der Waals surface area contributed by atoms with Crippen LogP contribution in [0.4, 0.5) is 5.69 Å². The lowest BCUT2D eigenvalue weighted by Gasteiger charge is -2.25. The molecule has 17 heavy (non-hydrogen) atoms. The third-order valence-corrected chi connectivity index (χ3v) is 2.31. The number of nitrogens with zero attached hydrogens (tertiary/aromatic N) is 2. The van der Waals surface area contributed by atoms with Crippen molar-refractivity contribution in [1.82, 2.24) is 9.97 Å². The van der Waals surface area contributed by atoms with Gasteiger partial charge in [0.2, 0.25) is 11.8 Å². The minimum absolute atomic E-state index is 0.00457. The van der Waals surface area contributed by atoms with Crippen LogP contribution in [0, 0.1) is 0 Å². The average molecular weight is 237 g/mol. The summed E-state index contributed by atoms with van der Waals surface area (Å²) in [6.07, 6.45) is 1.84. The molecule has 0 aromatic carbocycles. The molecule has 0 saturated carbocycles. The molecule has 2 heterocycles. The second-order valence-electron chi connectivity index (χ2n) is 3.58. The van der Waals surface area contributed by atoms with Gasteiger partial charge >= 0.3 is 0 Å². The molecule has 0 radical (unpaired) electrons. The molecular weight excluding hydrogens is 226 g/mol. The number of aromatic nitrogens is 2. The standard InChI is InChI=1S/C9H11N5O3/c10-4(7(11)15)1-6-8(16)14-5-2-12-3-13-9(5)17-6/h2-4,6H,1,10H2,(H2,11,15)(H,14,16). The number of rotatable bonds is 3.